The van der Waals surface area contributed by atoms with E-state index >= 15 is 0 Å². The Hall–Kier alpha value is -2.79. The maximum atomic E-state index is 14.1. The van der Waals surface area contributed by atoms with Gasteiger partial charge < -0.3 is 14.5 Å². The molecule has 1 fully saturated rings. The van der Waals surface area contributed by atoms with Crippen LogP contribution in [-0.2, 0) is 0 Å². The molecule has 0 atom stereocenters. The highest BCUT2D eigenvalue weighted by atomic mass is 35.5. The second-order valence-electron chi connectivity index (χ2n) is 5.48. The topological polar surface area (TPSA) is 85.2 Å². The van der Waals surface area contributed by atoms with Crippen LogP contribution in [0.5, 0.6) is 5.88 Å². The first-order chi connectivity index (χ1) is 12.0. The Morgan fingerprint density at radius 2 is 2.12 bits per heavy atom. The zero-order chi connectivity index (χ0) is 18.0. The van der Waals surface area contributed by atoms with Gasteiger partial charge in [0.1, 0.15) is 16.5 Å². The zero-order valence-electron chi connectivity index (χ0n) is 13.4. The fourth-order valence-electron chi connectivity index (χ4n) is 2.73. The summed E-state index contributed by atoms with van der Waals surface area (Å²) in [4.78, 5) is 16.0. The van der Waals surface area contributed by atoms with Gasteiger partial charge >= 0.3 is 0 Å². The van der Waals surface area contributed by atoms with Crippen LogP contribution in [0, 0.1) is 17.1 Å². The molecule has 0 bridgehead atoms. The molecule has 1 saturated heterocycles. The lowest BCUT2D eigenvalue weighted by Gasteiger charge is -2.36. The van der Waals surface area contributed by atoms with Gasteiger partial charge in [-0.05, 0) is 18.2 Å². The number of halogens is 2. The van der Waals surface area contributed by atoms with E-state index in [1.807, 2.05) is 11.0 Å². The molecule has 1 amide bonds. The molecule has 130 valence electrons. The van der Waals surface area contributed by atoms with Crippen molar-refractivity contribution in [2.45, 2.75) is 0 Å². The standard InChI is InChI=1S/C16H15ClFN5O2/c1-25-15-13(17)14(20-21-15)16(24)23-6-4-22(5-7-23)12-3-2-10(9-19)8-11(12)18/h2-3,8H,4-7H2,1H3,(H,20,21). The Morgan fingerprint density at radius 3 is 2.68 bits per heavy atom. The first-order valence-electron chi connectivity index (χ1n) is 7.57. The van der Waals surface area contributed by atoms with Gasteiger partial charge in [0, 0.05) is 26.2 Å². The highest BCUT2D eigenvalue weighted by Gasteiger charge is 2.27. The molecule has 9 heteroatoms. The summed E-state index contributed by atoms with van der Waals surface area (Å²) in [6.45, 7) is 1.76. The number of nitriles is 1. The van der Waals surface area contributed by atoms with E-state index in [1.54, 1.807) is 17.0 Å². The van der Waals surface area contributed by atoms with Crippen LogP contribution in [-0.4, -0.2) is 54.3 Å². The molecule has 7 nitrogen and oxygen atoms in total. The second kappa shape index (κ2) is 6.99. The number of H-pyrrole nitrogens is 1. The number of carbonyl (C=O) groups is 1. The molecule has 0 unspecified atom stereocenters. The lowest BCUT2D eigenvalue weighted by Crippen LogP contribution is -2.49. The Labute approximate surface area is 148 Å². The van der Waals surface area contributed by atoms with Gasteiger partial charge in [0.2, 0.25) is 0 Å². The number of benzene rings is 1. The van der Waals surface area contributed by atoms with E-state index in [1.165, 1.54) is 13.2 Å². The van der Waals surface area contributed by atoms with E-state index in [2.05, 4.69) is 10.2 Å². The number of hydrogen-bond acceptors (Lipinski definition) is 5. The molecular formula is C16H15ClFN5O2. The molecule has 1 aromatic carbocycles. The van der Waals surface area contributed by atoms with Crippen molar-refractivity contribution in [2.75, 3.05) is 38.2 Å². The van der Waals surface area contributed by atoms with Crippen molar-refractivity contribution in [3.8, 4) is 11.9 Å². The number of nitrogens with zero attached hydrogens (tertiary/aromatic N) is 4. The van der Waals surface area contributed by atoms with Crippen molar-refractivity contribution in [3.05, 3.63) is 40.3 Å². The lowest BCUT2D eigenvalue weighted by molar-refractivity contribution is 0.0741. The molecule has 0 radical (unpaired) electrons. The molecule has 0 saturated carbocycles. The highest BCUT2D eigenvalue weighted by Crippen LogP contribution is 2.27. The predicted molar refractivity (Wildman–Crippen MR) is 89.4 cm³/mol. The minimum absolute atomic E-state index is 0.146. The van der Waals surface area contributed by atoms with Crippen LogP contribution in [0.3, 0.4) is 0 Å². The zero-order valence-corrected chi connectivity index (χ0v) is 14.2. The number of methoxy groups -OCH3 is 1. The van der Waals surface area contributed by atoms with Crippen molar-refractivity contribution in [2.24, 2.45) is 0 Å². The van der Waals surface area contributed by atoms with Gasteiger partial charge in [0.15, 0.2) is 0 Å². The van der Waals surface area contributed by atoms with Crippen molar-refractivity contribution >= 4 is 23.2 Å². The number of aromatic amines is 1. The fourth-order valence-corrected chi connectivity index (χ4v) is 2.97. The first kappa shape index (κ1) is 17.0. The van der Waals surface area contributed by atoms with E-state index < -0.39 is 5.82 Å². The maximum Gasteiger partial charge on any atom is 0.273 e. The van der Waals surface area contributed by atoms with E-state index in [-0.39, 0.29) is 28.1 Å². The molecule has 1 N–H and O–H groups in total. The van der Waals surface area contributed by atoms with Crippen LogP contribution in [0.25, 0.3) is 0 Å². The molecule has 25 heavy (non-hydrogen) atoms. The molecular weight excluding hydrogens is 349 g/mol. The summed E-state index contributed by atoms with van der Waals surface area (Å²) >= 11 is 6.06. The summed E-state index contributed by atoms with van der Waals surface area (Å²) in [5, 5.41) is 15.4. The van der Waals surface area contributed by atoms with Gasteiger partial charge in [0.05, 0.1) is 24.4 Å². The number of rotatable bonds is 3. The van der Waals surface area contributed by atoms with Gasteiger partial charge in [-0.25, -0.2) is 4.39 Å². The Morgan fingerprint density at radius 1 is 1.40 bits per heavy atom. The summed E-state index contributed by atoms with van der Waals surface area (Å²) < 4.78 is 19.1. The number of aromatic nitrogens is 2. The smallest absolute Gasteiger partial charge is 0.273 e. The summed E-state index contributed by atoms with van der Waals surface area (Å²) in [5.41, 5.74) is 0.877. The van der Waals surface area contributed by atoms with Crippen LogP contribution in [0.2, 0.25) is 5.02 Å². The molecule has 1 aliphatic rings. The minimum Gasteiger partial charge on any atom is -0.479 e. The summed E-state index contributed by atoms with van der Waals surface area (Å²) in [7, 11) is 1.42. The van der Waals surface area contributed by atoms with Crippen LogP contribution >= 0.6 is 11.6 Å². The summed E-state index contributed by atoms with van der Waals surface area (Å²) in [5.74, 6) is -0.552. The van der Waals surface area contributed by atoms with Gasteiger partial charge in [-0.1, -0.05) is 11.6 Å². The van der Waals surface area contributed by atoms with Crippen LogP contribution in [0.1, 0.15) is 16.1 Å². The number of nitrogens with one attached hydrogen (secondary N) is 1. The fraction of sp³-hybridized carbons (Fsp3) is 0.312. The average molecular weight is 364 g/mol. The normalized spacial score (nSPS) is 14.3. The Bertz CT molecular complexity index is 840. The average Bonchev–Trinajstić information content (AvgIpc) is 3.01. The SMILES string of the molecule is COc1n[nH]c(C(=O)N2CCN(c3ccc(C#N)cc3F)CC2)c1Cl. The second-order valence-corrected chi connectivity index (χ2v) is 5.86. The number of amides is 1. The van der Waals surface area contributed by atoms with E-state index in [9.17, 15) is 9.18 Å². The Kier molecular flexibility index (Phi) is 4.76. The molecule has 1 aliphatic heterocycles. The first-order valence-corrected chi connectivity index (χ1v) is 7.94. The third-order valence-electron chi connectivity index (χ3n) is 4.07. The molecule has 0 aliphatic carbocycles. The number of hydrogen-bond donors (Lipinski definition) is 1. The number of carbonyl (C=O) groups excluding carboxylic acids is 1. The molecule has 1 aromatic heterocycles. The van der Waals surface area contributed by atoms with Gasteiger partial charge in [-0.3, -0.25) is 9.89 Å². The summed E-state index contributed by atoms with van der Waals surface area (Å²) in [6.07, 6.45) is 0. The van der Waals surface area contributed by atoms with Crippen LogP contribution < -0.4 is 9.64 Å². The van der Waals surface area contributed by atoms with Crippen molar-refractivity contribution in [3.63, 3.8) is 0 Å². The highest BCUT2D eigenvalue weighted by molar-refractivity contribution is 6.34. The molecule has 3 rings (SSSR count). The minimum atomic E-state index is -0.444. The number of piperazine rings is 1. The predicted octanol–water partition coefficient (Wildman–Crippen LogP) is 2.04. The monoisotopic (exact) mass is 363 g/mol. The molecule has 2 aromatic rings. The molecule has 0 spiro atoms. The number of ether oxygens (including phenoxy) is 1. The summed E-state index contributed by atoms with van der Waals surface area (Å²) in [6, 6.07) is 6.28. The van der Waals surface area contributed by atoms with E-state index in [4.69, 9.17) is 21.6 Å². The van der Waals surface area contributed by atoms with Crippen molar-refractivity contribution < 1.29 is 13.9 Å². The van der Waals surface area contributed by atoms with Crippen LogP contribution in [0.15, 0.2) is 18.2 Å². The van der Waals surface area contributed by atoms with Crippen LogP contribution in [0.4, 0.5) is 10.1 Å². The largest absolute Gasteiger partial charge is 0.479 e. The quantitative estimate of drug-likeness (QED) is 0.902. The van der Waals surface area contributed by atoms with E-state index in [0.29, 0.717) is 31.9 Å². The third-order valence-corrected chi connectivity index (χ3v) is 4.42. The third kappa shape index (κ3) is 3.23. The van der Waals surface area contributed by atoms with Crippen molar-refractivity contribution in [1.29, 1.82) is 5.26 Å². The van der Waals surface area contributed by atoms with Gasteiger partial charge in [-0.2, -0.15) is 5.26 Å². The Balaban J connectivity index is 1.68. The lowest BCUT2D eigenvalue weighted by atomic mass is 10.1. The maximum absolute atomic E-state index is 14.1. The molecule has 2 heterocycles. The van der Waals surface area contributed by atoms with Gasteiger partial charge in [-0.15, -0.1) is 5.10 Å². The van der Waals surface area contributed by atoms with E-state index in [0.717, 1.165) is 0 Å². The number of anilines is 1. The van der Waals surface area contributed by atoms with Crippen molar-refractivity contribution in [1.82, 2.24) is 15.1 Å². The van der Waals surface area contributed by atoms with Gasteiger partial charge in [0.25, 0.3) is 11.8 Å².